The van der Waals surface area contributed by atoms with Crippen LogP contribution < -0.4 is 20.9 Å². The number of cyclic esters (lactones) is 1. The summed E-state index contributed by atoms with van der Waals surface area (Å²) in [5.41, 5.74) is 6.38. The van der Waals surface area contributed by atoms with E-state index in [0.29, 0.717) is 23.6 Å². The van der Waals surface area contributed by atoms with Crippen LogP contribution >= 0.6 is 0 Å². The Morgan fingerprint density at radius 1 is 1.43 bits per heavy atom. The van der Waals surface area contributed by atoms with Crippen LogP contribution in [-0.4, -0.2) is 80.3 Å². The van der Waals surface area contributed by atoms with Crippen molar-refractivity contribution in [2.45, 2.75) is 6.10 Å². The zero-order valence-electron chi connectivity index (χ0n) is 20.3. The van der Waals surface area contributed by atoms with E-state index in [1.165, 1.54) is 28.1 Å². The van der Waals surface area contributed by atoms with Gasteiger partial charge in [-0.05, 0) is 36.4 Å². The van der Waals surface area contributed by atoms with Gasteiger partial charge >= 0.3 is 6.09 Å². The molecule has 2 aromatic rings. The molecule has 0 aliphatic carbocycles. The van der Waals surface area contributed by atoms with Crippen molar-refractivity contribution in [3.05, 3.63) is 55.0 Å². The van der Waals surface area contributed by atoms with Crippen LogP contribution in [0.2, 0.25) is 0 Å². The summed E-state index contributed by atoms with van der Waals surface area (Å²) in [4.78, 5) is 30.6. The number of hydrogen-bond acceptors (Lipinski definition) is 9. The maximum atomic E-state index is 14.9. The van der Waals surface area contributed by atoms with Gasteiger partial charge in [-0.2, -0.15) is 0 Å². The largest absolute Gasteiger partial charge is 0.474 e. The van der Waals surface area contributed by atoms with E-state index in [4.69, 9.17) is 31.1 Å². The van der Waals surface area contributed by atoms with E-state index in [1.54, 1.807) is 24.3 Å². The third-order valence-corrected chi connectivity index (χ3v) is 5.12. The first-order valence-corrected chi connectivity index (χ1v) is 11.1. The van der Waals surface area contributed by atoms with Gasteiger partial charge in [0.2, 0.25) is 11.8 Å². The van der Waals surface area contributed by atoms with Gasteiger partial charge in [-0.3, -0.25) is 20.5 Å². The summed E-state index contributed by atoms with van der Waals surface area (Å²) in [5.74, 6) is -0.514. The zero-order valence-corrected chi connectivity index (χ0v) is 20.3. The number of aromatic nitrogens is 1. The third-order valence-electron chi connectivity index (χ3n) is 5.12. The van der Waals surface area contributed by atoms with E-state index < -0.39 is 18.0 Å². The number of nitrogens with one attached hydrogen (secondary N) is 3. The second-order valence-electron chi connectivity index (χ2n) is 7.44. The number of aliphatic hydroxyl groups excluding tert-OH is 1. The molecule has 6 N–H and O–H groups in total. The van der Waals surface area contributed by atoms with Crippen LogP contribution in [0.15, 0.2) is 49.2 Å². The lowest BCUT2D eigenvalue weighted by Crippen LogP contribution is -2.37. The number of pyridine rings is 1. The van der Waals surface area contributed by atoms with E-state index in [1.807, 2.05) is 0 Å². The Morgan fingerprint density at radius 2 is 2.19 bits per heavy atom. The van der Waals surface area contributed by atoms with Gasteiger partial charge in [0, 0.05) is 37.5 Å². The first-order valence-electron chi connectivity index (χ1n) is 11.1. The minimum absolute atomic E-state index is 0.00215. The molecule has 2 amide bonds. The van der Waals surface area contributed by atoms with Gasteiger partial charge in [0.1, 0.15) is 18.2 Å². The lowest BCUT2D eigenvalue weighted by Gasteiger charge is -2.18. The Morgan fingerprint density at radius 3 is 2.78 bits per heavy atom. The number of rotatable bonds is 11. The Hall–Kier alpha value is -4.36. The average Bonchev–Trinajstić information content (AvgIpc) is 3.31. The number of ether oxygens (including phenoxy) is 2. The van der Waals surface area contributed by atoms with Gasteiger partial charge in [0.15, 0.2) is 6.10 Å². The van der Waals surface area contributed by atoms with E-state index in [9.17, 15) is 14.0 Å². The number of benzene rings is 1. The first-order chi connectivity index (χ1) is 17.9. The van der Waals surface area contributed by atoms with Crippen LogP contribution in [0.3, 0.4) is 0 Å². The molecule has 0 radical (unpaired) electrons. The number of aliphatic hydroxyl groups is 1. The molecule has 1 saturated heterocycles. The number of nitrogens with zero attached hydrogens (tertiary/aromatic N) is 3. The molecular weight excluding hydrogens is 485 g/mol. The van der Waals surface area contributed by atoms with Crippen LogP contribution in [0.4, 0.5) is 20.7 Å². The summed E-state index contributed by atoms with van der Waals surface area (Å²) in [6, 6.07) is 7.70. The van der Waals surface area contributed by atoms with Crippen LogP contribution in [0.25, 0.3) is 11.1 Å². The number of amides is 2. The van der Waals surface area contributed by atoms with Crippen LogP contribution in [-0.2, 0) is 14.3 Å². The van der Waals surface area contributed by atoms with Crippen molar-refractivity contribution in [3.63, 3.8) is 0 Å². The number of carbonyl (C=O) groups is 2. The molecule has 1 atom stereocenters. The molecule has 2 heterocycles. The van der Waals surface area contributed by atoms with Crippen molar-refractivity contribution in [1.29, 1.82) is 10.8 Å². The van der Waals surface area contributed by atoms with Crippen LogP contribution in [0, 0.1) is 16.6 Å². The lowest BCUT2D eigenvalue weighted by atomic mass is 10.1. The molecule has 37 heavy (non-hydrogen) atoms. The van der Waals surface area contributed by atoms with Gasteiger partial charge in [0.05, 0.1) is 25.1 Å². The summed E-state index contributed by atoms with van der Waals surface area (Å²) in [7, 11) is 1.00. The second kappa shape index (κ2) is 14.3. The lowest BCUT2D eigenvalue weighted by molar-refractivity contribution is -0.119. The molecule has 0 spiro atoms. The molecule has 1 fully saturated rings. The molecule has 1 unspecified atom stereocenters. The quantitative estimate of drug-likeness (QED) is 0.221. The molecule has 1 aliphatic rings. The SMILES string of the molecule is C=CC(=N)OCC1CN(c2ccc(-c3ccc(N(C=N)CCNC(=O)CN)nc3)c(F)c2)C(=O)O1.CO. The van der Waals surface area contributed by atoms with Crippen molar-refractivity contribution in [3.8, 4) is 11.1 Å². The van der Waals surface area contributed by atoms with Gasteiger partial charge in [0.25, 0.3) is 0 Å². The number of anilines is 2. The number of hydrogen-bond donors (Lipinski definition) is 5. The molecule has 1 aromatic carbocycles. The summed E-state index contributed by atoms with van der Waals surface area (Å²) in [6.07, 6.45) is 2.57. The van der Waals surface area contributed by atoms with Gasteiger partial charge in [-0.25, -0.2) is 14.2 Å². The fourth-order valence-corrected chi connectivity index (χ4v) is 3.32. The topological polar surface area (TPSA) is 178 Å². The smallest absolute Gasteiger partial charge is 0.414 e. The standard InChI is InChI=1S/C23H26FN7O4.CH4O/c1-2-20(27)34-13-17-12-31(23(33)35-17)16-4-5-18(19(24)9-16)15-3-6-21(29-11-15)30(14-26)8-7-28-22(32)10-25;1-2/h2-6,9,11,14,17,26-27H,1,7-8,10,12-13,25H2,(H,28,32);2H,1H3. The normalized spacial score (nSPS) is 14.1. The highest BCUT2D eigenvalue weighted by Crippen LogP contribution is 2.29. The van der Waals surface area contributed by atoms with Crippen molar-refractivity contribution in [2.75, 3.05) is 49.7 Å². The molecule has 1 aromatic heterocycles. The number of nitrogens with two attached hydrogens (primary N) is 1. The molecule has 198 valence electrons. The predicted molar refractivity (Wildman–Crippen MR) is 137 cm³/mol. The monoisotopic (exact) mass is 515 g/mol. The maximum Gasteiger partial charge on any atom is 0.414 e. The molecule has 3 rings (SSSR count). The average molecular weight is 516 g/mol. The zero-order chi connectivity index (χ0) is 27.4. The fourth-order valence-electron chi connectivity index (χ4n) is 3.32. The third kappa shape index (κ3) is 7.81. The predicted octanol–water partition coefficient (Wildman–Crippen LogP) is 1.49. The van der Waals surface area contributed by atoms with E-state index in [-0.39, 0.29) is 43.6 Å². The first kappa shape index (κ1) is 28.9. The molecule has 1 aliphatic heterocycles. The van der Waals surface area contributed by atoms with Crippen molar-refractivity contribution in [2.24, 2.45) is 5.73 Å². The highest BCUT2D eigenvalue weighted by Gasteiger charge is 2.33. The Bertz CT molecular complexity index is 1110. The van der Waals surface area contributed by atoms with E-state index in [2.05, 4.69) is 16.9 Å². The minimum atomic E-state index is -0.628. The van der Waals surface area contributed by atoms with Crippen molar-refractivity contribution in [1.82, 2.24) is 10.3 Å². The molecule has 12 nitrogen and oxygen atoms in total. The summed E-state index contributed by atoms with van der Waals surface area (Å²) in [5, 5.41) is 24.6. The Balaban J connectivity index is 0.00000235. The Kier molecular flexibility index (Phi) is 11.1. The highest BCUT2D eigenvalue weighted by molar-refractivity contribution is 5.90. The summed E-state index contributed by atoms with van der Waals surface area (Å²) < 4.78 is 25.3. The number of halogens is 1. The maximum absolute atomic E-state index is 14.9. The fraction of sp³-hybridized carbons (Fsp3) is 0.292. The van der Waals surface area contributed by atoms with Gasteiger partial charge < -0.3 is 30.5 Å². The summed E-state index contributed by atoms with van der Waals surface area (Å²) >= 11 is 0. The Labute approximate surface area is 213 Å². The second-order valence-corrected chi connectivity index (χ2v) is 7.44. The highest BCUT2D eigenvalue weighted by atomic mass is 19.1. The summed E-state index contributed by atoms with van der Waals surface area (Å²) in [6.45, 7) is 4.06. The molecule has 0 saturated carbocycles. The van der Waals surface area contributed by atoms with E-state index >= 15 is 0 Å². The van der Waals surface area contributed by atoms with E-state index in [0.717, 1.165) is 13.4 Å². The minimum Gasteiger partial charge on any atom is -0.474 e. The van der Waals surface area contributed by atoms with Gasteiger partial charge in [-0.1, -0.05) is 6.58 Å². The molecule has 0 bridgehead atoms. The van der Waals surface area contributed by atoms with Crippen LogP contribution in [0.5, 0.6) is 0 Å². The molecular formula is C24H30FN7O5. The van der Waals surface area contributed by atoms with Crippen LogP contribution in [0.1, 0.15) is 0 Å². The van der Waals surface area contributed by atoms with Crippen molar-refractivity contribution < 1.29 is 28.6 Å². The van der Waals surface area contributed by atoms with Gasteiger partial charge in [-0.15, -0.1) is 0 Å². The number of carbonyl (C=O) groups excluding carboxylic acids is 2. The van der Waals surface area contributed by atoms with Crippen molar-refractivity contribution >= 4 is 35.7 Å². The molecule has 13 heteroatoms.